The Morgan fingerprint density at radius 2 is 0.773 bits per heavy atom. The second-order valence-corrected chi connectivity index (χ2v) is 3.91. The van der Waals surface area contributed by atoms with Crippen molar-refractivity contribution < 1.29 is 43.5 Å². The van der Waals surface area contributed by atoms with Crippen molar-refractivity contribution >= 4 is 7.32 Å². The lowest BCUT2D eigenvalue weighted by Crippen LogP contribution is -2.31. The summed E-state index contributed by atoms with van der Waals surface area (Å²) in [4.78, 5) is 0. The van der Waals surface area contributed by atoms with Crippen LogP contribution in [0.25, 0.3) is 0 Å². The Morgan fingerprint density at radius 3 is 1.05 bits per heavy atom. The van der Waals surface area contributed by atoms with Gasteiger partial charge < -0.3 is 43.5 Å². The van der Waals surface area contributed by atoms with E-state index in [-0.39, 0.29) is 59.5 Å². The first-order valence-electron chi connectivity index (χ1n) is 7.25. The largest absolute Gasteiger partial charge is 0.639 e. The van der Waals surface area contributed by atoms with Gasteiger partial charge in [0, 0.05) is 0 Å². The molecule has 0 saturated carbocycles. The summed E-state index contributed by atoms with van der Waals surface area (Å²) < 4.78 is 31.2. The molecule has 0 heterocycles. The van der Waals surface area contributed by atoms with E-state index in [2.05, 4.69) is 0 Å². The molecule has 0 spiro atoms. The van der Waals surface area contributed by atoms with Crippen LogP contribution >= 0.6 is 0 Å². The van der Waals surface area contributed by atoms with Crippen molar-refractivity contribution in [3.8, 4) is 0 Å². The molecule has 0 unspecified atom stereocenters. The van der Waals surface area contributed by atoms with Gasteiger partial charge in [0.2, 0.25) is 0 Å². The van der Waals surface area contributed by atoms with E-state index in [1.165, 1.54) is 0 Å². The third-order valence-corrected chi connectivity index (χ3v) is 2.15. The summed E-state index contributed by atoms with van der Waals surface area (Å²) in [6.07, 6.45) is 0. The summed E-state index contributed by atoms with van der Waals surface area (Å²) in [6, 6.07) is 0. The van der Waals surface area contributed by atoms with Crippen molar-refractivity contribution in [2.24, 2.45) is 0 Å². The Morgan fingerprint density at radius 1 is 0.455 bits per heavy atom. The number of hydrogen-bond acceptors (Lipinski definition) is 9. The zero-order valence-electron chi connectivity index (χ0n) is 12.9. The summed E-state index contributed by atoms with van der Waals surface area (Å²) >= 11 is 0. The van der Waals surface area contributed by atoms with Crippen LogP contribution in [0.4, 0.5) is 0 Å². The average Bonchev–Trinajstić information content (AvgIpc) is 2.53. The summed E-state index contributed by atoms with van der Waals surface area (Å²) in [7, 11) is -0.881. The van der Waals surface area contributed by atoms with Gasteiger partial charge in [-0.3, -0.25) is 0 Å². The van der Waals surface area contributed by atoms with Gasteiger partial charge in [0.1, 0.15) is 0 Å². The Bertz CT molecular complexity index is 178. The summed E-state index contributed by atoms with van der Waals surface area (Å²) in [5.41, 5.74) is 0. The monoisotopic (exact) mass is 326 g/mol. The zero-order chi connectivity index (χ0) is 16.3. The van der Waals surface area contributed by atoms with E-state index < -0.39 is 7.32 Å². The standard InChI is InChI=1S/C12H27BO9/c14-1-4-17-7-10-20-13(21-11-8-18-5-2-15)22-12-9-19-6-3-16/h14-16H,1-12H2. The Hall–Kier alpha value is -0.295. The summed E-state index contributed by atoms with van der Waals surface area (Å²) in [5.74, 6) is 0. The molecule has 0 radical (unpaired) electrons. The van der Waals surface area contributed by atoms with E-state index in [4.69, 9.17) is 43.5 Å². The van der Waals surface area contributed by atoms with Crippen molar-refractivity contribution in [3.05, 3.63) is 0 Å². The molecule has 0 aliphatic rings. The lowest BCUT2D eigenvalue weighted by molar-refractivity contribution is 0.0100. The molecular weight excluding hydrogens is 299 g/mol. The Kier molecular flexibility index (Phi) is 18.5. The van der Waals surface area contributed by atoms with Gasteiger partial charge >= 0.3 is 7.32 Å². The van der Waals surface area contributed by atoms with E-state index in [0.29, 0.717) is 19.8 Å². The molecule has 9 nitrogen and oxygen atoms in total. The number of rotatable bonds is 18. The first-order chi connectivity index (χ1) is 10.8. The van der Waals surface area contributed by atoms with Crippen LogP contribution in [0.2, 0.25) is 0 Å². The van der Waals surface area contributed by atoms with Crippen molar-refractivity contribution in [2.75, 3.05) is 79.3 Å². The lowest BCUT2D eigenvalue weighted by Gasteiger charge is -2.14. The van der Waals surface area contributed by atoms with E-state index in [1.807, 2.05) is 0 Å². The molecule has 0 aromatic rings. The molecule has 0 fully saturated rings. The van der Waals surface area contributed by atoms with Crippen LogP contribution < -0.4 is 0 Å². The SMILES string of the molecule is OCCOCCOB(OCCOCCO)OCCOCCO. The molecule has 0 aliphatic heterocycles. The highest BCUT2D eigenvalue weighted by molar-refractivity contribution is 6.36. The smallest absolute Gasteiger partial charge is 0.394 e. The van der Waals surface area contributed by atoms with Gasteiger partial charge in [0.15, 0.2) is 0 Å². The topological polar surface area (TPSA) is 116 Å². The van der Waals surface area contributed by atoms with Gasteiger partial charge in [-0.05, 0) is 0 Å². The molecule has 0 aliphatic carbocycles. The molecular formula is C12H27BO9. The van der Waals surface area contributed by atoms with Crippen molar-refractivity contribution in [1.29, 1.82) is 0 Å². The first-order valence-corrected chi connectivity index (χ1v) is 7.25. The predicted molar refractivity (Wildman–Crippen MR) is 77.3 cm³/mol. The minimum absolute atomic E-state index is 0.0409. The van der Waals surface area contributed by atoms with Crippen LogP contribution in [-0.2, 0) is 28.2 Å². The summed E-state index contributed by atoms with van der Waals surface area (Å²) in [6.45, 7) is 2.31. The molecule has 0 saturated heterocycles. The lowest BCUT2D eigenvalue weighted by atomic mass is 10.2. The van der Waals surface area contributed by atoms with Gasteiger partial charge in [0.05, 0.1) is 79.3 Å². The van der Waals surface area contributed by atoms with Gasteiger partial charge in [-0.15, -0.1) is 0 Å². The van der Waals surface area contributed by atoms with Gasteiger partial charge in [-0.25, -0.2) is 0 Å². The van der Waals surface area contributed by atoms with Crippen LogP contribution in [-0.4, -0.2) is 102 Å². The van der Waals surface area contributed by atoms with Crippen molar-refractivity contribution in [1.82, 2.24) is 0 Å². The number of aliphatic hydroxyl groups is 3. The van der Waals surface area contributed by atoms with Crippen molar-refractivity contribution in [2.45, 2.75) is 0 Å². The highest BCUT2D eigenvalue weighted by Crippen LogP contribution is 1.94. The highest BCUT2D eigenvalue weighted by atomic mass is 16.7. The average molecular weight is 326 g/mol. The van der Waals surface area contributed by atoms with Gasteiger partial charge in [-0.1, -0.05) is 0 Å². The van der Waals surface area contributed by atoms with E-state index in [1.54, 1.807) is 0 Å². The Labute approximate surface area is 131 Å². The fourth-order valence-electron chi connectivity index (χ4n) is 1.25. The van der Waals surface area contributed by atoms with Gasteiger partial charge in [0.25, 0.3) is 0 Å². The van der Waals surface area contributed by atoms with Crippen LogP contribution in [0.5, 0.6) is 0 Å². The maximum absolute atomic E-state index is 8.57. The van der Waals surface area contributed by atoms with E-state index in [9.17, 15) is 0 Å². The minimum atomic E-state index is -0.881. The van der Waals surface area contributed by atoms with Crippen LogP contribution in [0, 0.1) is 0 Å². The fraction of sp³-hybridized carbons (Fsp3) is 1.00. The molecule has 3 N–H and O–H groups in total. The molecule has 22 heavy (non-hydrogen) atoms. The number of hydrogen-bond donors (Lipinski definition) is 3. The minimum Gasteiger partial charge on any atom is -0.394 e. The third-order valence-electron chi connectivity index (χ3n) is 2.15. The molecule has 132 valence electrons. The van der Waals surface area contributed by atoms with Crippen LogP contribution in [0.15, 0.2) is 0 Å². The normalized spacial score (nSPS) is 11.0. The van der Waals surface area contributed by atoms with E-state index in [0.717, 1.165) is 0 Å². The first kappa shape index (κ1) is 21.7. The summed E-state index contributed by atoms with van der Waals surface area (Å²) in [5, 5.41) is 25.7. The second kappa shape index (κ2) is 18.8. The van der Waals surface area contributed by atoms with Crippen LogP contribution in [0.3, 0.4) is 0 Å². The molecule has 0 bridgehead atoms. The number of aliphatic hydroxyl groups excluding tert-OH is 3. The van der Waals surface area contributed by atoms with Gasteiger partial charge in [-0.2, -0.15) is 0 Å². The quantitative estimate of drug-likeness (QED) is 0.195. The second-order valence-electron chi connectivity index (χ2n) is 3.91. The molecule has 0 aromatic heterocycles. The highest BCUT2D eigenvalue weighted by Gasteiger charge is 2.21. The molecule has 0 aromatic carbocycles. The molecule has 10 heteroatoms. The molecule has 0 amide bonds. The zero-order valence-corrected chi connectivity index (χ0v) is 12.9. The Balaban J connectivity index is 3.72. The van der Waals surface area contributed by atoms with Crippen LogP contribution in [0.1, 0.15) is 0 Å². The maximum Gasteiger partial charge on any atom is 0.639 e. The van der Waals surface area contributed by atoms with E-state index >= 15 is 0 Å². The predicted octanol–water partition coefficient (Wildman–Crippen LogP) is -1.95. The maximum atomic E-state index is 8.57. The van der Waals surface area contributed by atoms with Crippen molar-refractivity contribution in [3.63, 3.8) is 0 Å². The fourth-order valence-corrected chi connectivity index (χ4v) is 1.25. The molecule has 0 atom stereocenters. The third kappa shape index (κ3) is 16.1. The number of ether oxygens (including phenoxy) is 3. The molecule has 0 rings (SSSR count).